The van der Waals surface area contributed by atoms with Crippen molar-refractivity contribution in [3.8, 4) is 0 Å². The largest absolute Gasteiger partial charge is 0.345 e. The van der Waals surface area contributed by atoms with Crippen molar-refractivity contribution in [1.29, 1.82) is 0 Å². The van der Waals surface area contributed by atoms with Gasteiger partial charge in [0.25, 0.3) is 0 Å². The van der Waals surface area contributed by atoms with Crippen LogP contribution in [0.25, 0.3) is 0 Å². The molecule has 0 aliphatic carbocycles. The van der Waals surface area contributed by atoms with Crippen LogP contribution < -0.4 is 11.1 Å². The molecule has 2 rings (SSSR count). The van der Waals surface area contributed by atoms with Crippen molar-refractivity contribution < 1.29 is 4.79 Å². The molecule has 2 atom stereocenters. The van der Waals surface area contributed by atoms with Crippen LogP contribution in [0.5, 0.6) is 0 Å². The average Bonchev–Trinajstić information content (AvgIpc) is 2.87. The van der Waals surface area contributed by atoms with Gasteiger partial charge in [-0.1, -0.05) is 20.8 Å². The van der Waals surface area contributed by atoms with Crippen LogP contribution in [0.15, 0.2) is 0 Å². The van der Waals surface area contributed by atoms with E-state index in [1.54, 1.807) is 0 Å². The van der Waals surface area contributed by atoms with Crippen molar-refractivity contribution in [3.63, 3.8) is 0 Å². The number of aryl methyl sites for hydroxylation is 1. The topological polar surface area (TPSA) is 85.8 Å². The molecule has 1 aliphatic heterocycles. The van der Waals surface area contributed by atoms with E-state index in [2.05, 4.69) is 20.1 Å². The molecule has 0 saturated carbocycles. The summed E-state index contributed by atoms with van der Waals surface area (Å²) in [6.45, 7) is 8.72. The molecule has 0 radical (unpaired) electrons. The molecule has 2 heterocycles. The number of fused-ring (bicyclic) bond motifs is 1. The molecule has 3 N–H and O–H groups in total. The third kappa shape index (κ3) is 2.78. The second kappa shape index (κ2) is 4.92. The van der Waals surface area contributed by atoms with Crippen molar-refractivity contribution in [2.75, 3.05) is 0 Å². The molecule has 2 unspecified atom stereocenters. The van der Waals surface area contributed by atoms with Gasteiger partial charge in [0.2, 0.25) is 5.91 Å². The molecule has 6 heteroatoms. The van der Waals surface area contributed by atoms with Gasteiger partial charge in [0.1, 0.15) is 5.82 Å². The van der Waals surface area contributed by atoms with E-state index in [-0.39, 0.29) is 17.4 Å². The second-order valence-electron chi connectivity index (χ2n) is 6.30. The van der Waals surface area contributed by atoms with E-state index >= 15 is 0 Å². The Hall–Kier alpha value is -1.43. The minimum absolute atomic E-state index is 0.143. The fourth-order valence-electron chi connectivity index (χ4n) is 2.25. The number of aromatic nitrogens is 3. The standard InChI is InChI=1S/C13H23N5O/c1-8(15-12(19)10(14)13(2,3)4)11-17-16-9-6-5-7-18(9)11/h8,10H,5-7,14H2,1-4H3,(H,15,19). The molecule has 1 aromatic rings. The van der Waals surface area contributed by atoms with E-state index in [4.69, 9.17) is 5.73 Å². The number of hydrogen-bond donors (Lipinski definition) is 2. The molecule has 0 fully saturated rings. The maximum absolute atomic E-state index is 12.1. The summed E-state index contributed by atoms with van der Waals surface area (Å²) in [7, 11) is 0. The number of rotatable bonds is 3. The van der Waals surface area contributed by atoms with Crippen LogP contribution in [0, 0.1) is 5.41 Å². The summed E-state index contributed by atoms with van der Waals surface area (Å²) in [5.41, 5.74) is 5.70. The number of carbonyl (C=O) groups excluding carboxylic acids is 1. The maximum atomic E-state index is 12.1. The molecule has 0 saturated heterocycles. The lowest BCUT2D eigenvalue weighted by atomic mass is 9.87. The van der Waals surface area contributed by atoms with Crippen LogP contribution in [-0.2, 0) is 17.8 Å². The second-order valence-corrected chi connectivity index (χ2v) is 6.30. The first-order valence-corrected chi connectivity index (χ1v) is 6.78. The normalized spacial score (nSPS) is 17.9. The van der Waals surface area contributed by atoms with Crippen LogP contribution in [0.4, 0.5) is 0 Å². The van der Waals surface area contributed by atoms with Crippen LogP contribution >= 0.6 is 0 Å². The Bertz CT molecular complexity index is 474. The van der Waals surface area contributed by atoms with Gasteiger partial charge in [0, 0.05) is 13.0 Å². The molecule has 0 bridgehead atoms. The molecular weight excluding hydrogens is 242 g/mol. The predicted octanol–water partition coefficient (Wildman–Crippen LogP) is 0.775. The summed E-state index contributed by atoms with van der Waals surface area (Å²) < 4.78 is 2.09. The number of amides is 1. The summed E-state index contributed by atoms with van der Waals surface area (Å²) in [4.78, 5) is 12.1. The van der Waals surface area contributed by atoms with Crippen LogP contribution in [0.3, 0.4) is 0 Å². The average molecular weight is 265 g/mol. The minimum atomic E-state index is -0.532. The van der Waals surface area contributed by atoms with Crippen LogP contribution in [0.1, 0.15) is 51.8 Å². The molecule has 1 aromatic heterocycles. The molecule has 106 valence electrons. The fourth-order valence-corrected chi connectivity index (χ4v) is 2.25. The highest BCUT2D eigenvalue weighted by molar-refractivity contribution is 5.82. The number of nitrogens with zero attached hydrogens (tertiary/aromatic N) is 3. The van der Waals surface area contributed by atoms with Crippen molar-refractivity contribution in [2.24, 2.45) is 11.1 Å². The lowest BCUT2D eigenvalue weighted by Gasteiger charge is -2.27. The van der Waals surface area contributed by atoms with Gasteiger partial charge in [0.15, 0.2) is 5.82 Å². The zero-order chi connectivity index (χ0) is 14.2. The van der Waals surface area contributed by atoms with Gasteiger partial charge in [-0.05, 0) is 18.8 Å². The summed E-state index contributed by atoms with van der Waals surface area (Å²) in [5.74, 6) is 1.69. The number of nitrogens with two attached hydrogens (primary N) is 1. The van der Waals surface area contributed by atoms with E-state index in [1.807, 2.05) is 27.7 Å². The highest BCUT2D eigenvalue weighted by Crippen LogP contribution is 2.21. The molecule has 6 nitrogen and oxygen atoms in total. The van der Waals surface area contributed by atoms with Crippen molar-refractivity contribution in [3.05, 3.63) is 11.6 Å². The highest BCUT2D eigenvalue weighted by Gasteiger charge is 2.30. The van der Waals surface area contributed by atoms with Gasteiger partial charge in [-0.3, -0.25) is 4.79 Å². The molecule has 1 amide bonds. The lowest BCUT2D eigenvalue weighted by molar-refractivity contribution is -0.125. The Morgan fingerprint density at radius 3 is 2.74 bits per heavy atom. The third-order valence-electron chi connectivity index (χ3n) is 3.60. The fraction of sp³-hybridized carbons (Fsp3) is 0.769. The van der Waals surface area contributed by atoms with Gasteiger partial charge in [-0.2, -0.15) is 0 Å². The predicted molar refractivity (Wildman–Crippen MR) is 72.3 cm³/mol. The Labute approximate surface area is 113 Å². The summed E-state index contributed by atoms with van der Waals surface area (Å²) >= 11 is 0. The quantitative estimate of drug-likeness (QED) is 0.845. The van der Waals surface area contributed by atoms with Crippen LogP contribution in [0.2, 0.25) is 0 Å². The summed E-state index contributed by atoms with van der Waals surface area (Å²) in [5, 5.41) is 11.2. The Kier molecular flexibility index (Phi) is 3.62. The number of nitrogens with one attached hydrogen (secondary N) is 1. The first kappa shape index (κ1) is 14.0. The molecule has 19 heavy (non-hydrogen) atoms. The van der Waals surface area contributed by atoms with Gasteiger partial charge in [0.05, 0.1) is 12.1 Å². The Balaban J connectivity index is 2.05. The molecule has 0 aromatic carbocycles. The minimum Gasteiger partial charge on any atom is -0.345 e. The zero-order valence-corrected chi connectivity index (χ0v) is 12.1. The van der Waals surface area contributed by atoms with Gasteiger partial charge >= 0.3 is 0 Å². The van der Waals surface area contributed by atoms with Crippen molar-refractivity contribution in [2.45, 2.75) is 59.2 Å². The smallest absolute Gasteiger partial charge is 0.238 e. The van der Waals surface area contributed by atoms with E-state index < -0.39 is 6.04 Å². The van der Waals surface area contributed by atoms with E-state index in [1.165, 1.54) is 0 Å². The lowest BCUT2D eigenvalue weighted by Crippen LogP contribution is -2.49. The van der Waals surface area contributed by atoms with E-state index in [0.717, 1.165) is 31.0 Å². The van der Waals surface area contributed by atoms with Gasteiger partial charge in [-0.15, -0.1) is 10.2 Å². The third-order valence-corrected chi connectivity index (χ3v) is 3.60. The van der Waals surface area contributed by atoms with E-state index in [9.17, 15) is 4.79 Å². The summed E-state index contributed by atoms with van der Waals surface area (Å²) in [6.07, 6.45) is 2.06. The Morgan fingerprint density at radius 1 is 1.42 bits per heavy atom. The summed E-state index contributed by atoms with van der Waals surface area (Å²) in [6, 6.07) is -0.698. The SMILES string of the molecule is CC(NC(=O)C(N)C(C)(C)C)c1nnc2n1CCC2. The van der Waals surface area contributed by atoms with Crippen molar-refractivity contribution >= 4 is 5.91 Å². The zero-order valence-electron chi connectivity index (χ0n) is 12.1. The monoisotopic (exact) mass is 265 g/mol. The van der Waals surface area contributed by atoms with Gasteiger partial charge < -0.3 is 15.6 Å². The maximum Gasteiger partial charge on any atom is 0.238 e. The molecule has 0 spiro atoms. The van der Waals surface area contributed by atoms with Crippen LogP contribution in [-0.4, -0.2) is 26.7 Å². The van der Waals surface area contributed by atoms with Gasteiger partial charge in [-0.25, -0.2) is 0 Å². The highest BCUT2D eigenvalue weighted by atomic mass is 16.2. The first-order valence-electron chi connectivity index (χ1n) is 6.78. The molecule has 1 aliphatic rings. The Morgan fingerprint density at radius 2 is 2.11 bits per heavy atom. The number of hydrogen-bond acceptors (Lipinski definition) is 4. The first-order chi connectivity index (χ1) is 8.80. The molecular formula is C13H23N5O. The number of carbonyl (C=O) groups is 1. The van der Waals surface area contributed by atoms with E-state index in [0.29, 0.717) is 0 Å². The van der Waals surface area contributed by atoms with Crippen molar-refractivity contribution in [1.82, 2.24) is 20.1 Å².